The molecule has 11 heteroatoms. The number of anilines is 1. The first-order valence-corrected chi connectivity index (χ1v) is 9.99. The van der Waals surface area contributed by atoms with Gasteiger partial charge in [0.1, 0.15) is 11.3 Å². The summed E-state index contributed by atoms with van der Waals surface area (Å²) in [5, 5.41) is 10.9. The van der Waals surface area contributed by atoms with Crippen molar-refractivity contribution in [3.63, 3.8) is 0 Å². The zero-order valence-corrected chi connectivity index (χ0v) is 18.3. The lowest BCUT2D eigenvalue weighted by Crippen LogP contribution is -2.54. The van der Waals surface area contributed by atoms with Gasteiger partial charge in [0, 0.05) is 0 Å². The molecular formula is C22H19ClN2O8. The summed E-state index contributed by atoms with van der Waals surface area (Å²) in [6.07, 6.45) is 1.24. The monoisotopic (exact) mass is 474 g/mol. The fourth-order valence-corrected chi connectivity index (χ4v) is 3.29. The number of barbiturate groups is 1. The summed E-state index contributed by atoms with van der Waals surface area (Å²) in [5.41, 5.74) is 0.215. The van der Waals surface area contributed by atoms with Gasteiger partial charge in [-0.25, -0.2) is 14.5 Å². The SMILES string of the molecule is CCOc1ccc(N2C(=O)NC(=O)/C(=C\c3cc(Cl)c(OCC(=O)O)c(OC)c3)C2=O)cc1. The number of hydrogen-bond donors (Lipinski definition) is 2. The molecule has 0 radical (unpaired) electrons. The van der Waals surface area contributed by atoms with Gasteiger partial charge in [-0.15, -0.1) is 0 Å². The standard InChI is InChI=1S/C22H19ClN2O8/c1-3-32-14-6-4-13(5-7-14)25-21(29)15(20(28)24-22(25)30)8-12-9-16(23)19(17(10-12)31-2)33-11-18(26)27/h4-10H,3,11H2,1-2H3,(H,26,27)(H,24,28,30)/b15-8+. The number of imide groups is 2. The highest BCUT2D eigenvalue weighted by Crippen LogP contribution is 2.37. The van der Waals surface area contributed by atoms with Gasteiger partial charge >= 0.3 is 12.0 Å². The lowest BCUT2D eigenvalue weighted by Gasteiger charge is -2.26. The Bertz CT molecular complexity index is 1140. The lowest BCUT2D eigenvalue weighted by molar-refractivity contribution is -0.139. The van der Waals surface area contributed by atoms with Crippen LogP contribution in [0.1, 0.15) is 12.5 Å². The zero-order valence-electron chi connectivity index (χ0n) is 17.6. The second-order valence-electron chi connectivity index (χ2n) is 6.60. The minimum absolute atomic E-state index is 0.00515. The Morgan fingerprint density at radius 1 is 1.15 bits per heavy atom. The van der Waals surface area contributed by atoms with E-state index in [-0.39, 0.29) is 27.8 Å². The third-order valence-corrected chi connectivity index (χ3v) is 4.69. The number of methoxy groups -OCH3 is 1. The van der Waals surface area contributed by atoms with Gasteiger partial charge in [-0.2, -0.15) is 0 Å². The minimum Gasteiger partial charge on any atom is -0.494 e. The first-order chi connectivity index (χ1) is 15.7. The number of aliphatic carboxylic acids is 1. The Labute approximate surface area is 193 Å². The largest absolute Gasteiger partial charge is 0.494 e. The smallest absolute Gasteiger partial charge is 0.341 e. The van der Waals surface area contributed by atoms with Crippen molar-refractivity contribution in [3.8, 4) is 17.2 Å². The molecule has 1 saturated heterocycles. The molecule has 0 aliphatic carbocycles. The van der Waals surface area contributed by atoms with Gasteiger partial charge in [0.15, 0.2) is 18.1 Å². The molecule has 2 aromatic carbocycles. The number of amides is 4. The molecule has 33 heavy (non-hydrogen) atoms. The normalized spacial score (nSPS) is 14.8. The van der Waals surface area contributed by atoms with E-state index >= 15 is 0 Å². The van der Waals surface area contributed by atoms with Crippen LogP contribution < -0.4 is 24.4 Å². The molecule has 1 fully saturated rings. The van der Waals surface area contributed by atoms with Crippen molar-refractivity contribution < 1.29 is 38.5 Å². The fraction of sp³-hybridized carbons (Fsp3) is 0.182. The Kier molecular flexibility index (Phi) is 7.19. The number of nitrogens with one attached hydrogen (secondary N) is 1. The van der Waals surface area contributed by atoms with E-state index < -0.39 is 30.4 Å². The van der Waals surface area contributed by atoms with E-state index in [1.54, 1.807) is 12.1 Å². The van der Waals surface area contributed by atoms with Crippen LogP contribution >= 0.6 is 11.6 Å². The molecule has 0 bridgehead atoms. The summed E-state index contributed by atoms with van der Waals surface area (Å²) in [5.74, 6) is -2.27. The number of carbonyl (C=O) groups excluding carboxylic acids is 3. The maximum Gasteiger partial charge on any atom is 0.341 e. The molecule has 2 aromatic rings. The van der Waals surface area contributed by atoms with Crippen molar-refractivity contribution in [2.45, 2.75) is 6.92 Å². The van der Waals surface area contributed by atoms with E-state index in [4.69, 9.17) is 30.9 Å². The predicted octanol–water partition coefficient (Wildman–Crippen LogP) is 2.88. The van der Waals surface area contributed by atoms with Crippen LogP contribution in [0.2, 0.25) is 5.02 Å². The quantitative estimate of drug-likeness (QED) is 0.441. The van der Waals surface area contributed by atoms with Crippen molar-refractivity contribution >= 4 is 47.2 Å². The highest BCUT2D eigenvalue weighted by Gasteiger charge is 2.37. The van der Waals surface area contributed by atoms with Gasteiger partial charge in [0.2, 0.25) is 0 Å². The number of carbonyl (C=O) groups is 4. The summed E-state index contributed by atoms with van der Waals surface area (Å²) < 4.78 is 15.7. The van der Waals surface area contributed by atoms with Gasteiger partial charge in [-0.3, -0.25) is 14.9 Å². The molecule has 4 amide bonds. The number of benzene rings is 2. The molecule has 0 spiro atoms. The van der Waals surface area contributed by atoms with Crippen molar-refractivity contribution in [1.82, 2.24) is 5.32 Å². The molecule has 1 aliphatic heterocycles. The molecule has 3 rings (SSSR count). The Morgan fingerprint density at radius 3 is 2.45 bits per heavy atom. The third kappa shape index (κ3) is 5.24. The van der Waals surface area contributed by atoms with Gasteiger partial charge in [-0.1, -0.05) is 11.6 Å². The predicted molar refractivity (Wildman–Crippen MR) is 118 cm³/mol. The number of carboxylic acids is 1. The summed E-state index contributed by atoms with van der Waals surface area (Å²) in [6.45, 7) is 1.64. The second-order valence-corrected chi connectivity index (χ2v) is 7.01. The number of carboxylic acid groups (broad SMARTS) is 1. The van der Waals surface area contributed by atoms with Crippen LogP contribution in [-0.4, -0.2) is 49.2 Å². The molecule has 0 saturated carbocycles. The van der Waals surface area contributed by atoms with Crippen LogP contribution in [0.3, 0.4) is 0 Å². The van der Waals surface area contributed by atoms with Gasteiger partial charge in [-0.05, 0) is 55.0 Å². The molecule has 0 unspecified atom stereocenters. The van der Waals surface area contributed by atoms with Crippen LogP contribution in [0.15, 0.2) is 42.0 Å². The van der Waals surface area contributed by atoms with Gasteiger partial charge < -0.3 is 19.3 Å². The van der Waals surface area contributed by atoms with E-state index in [0.717, 1.165) is 4.90 Å². The minimum atomic E-state index is -1.21. The second kappa shape index (κ2) is 10.0. The van der Waals surface area contributed by atoms with E-state index in [2.05, 4.69) is 5.32 Å². The van der Waals surface area contributed by atoms with Crippen LogP contribution in [0, 0.1) is 0 Å². The lowest BCUT2D eigenvalue weighted by atomic mass is 10.1. The number of halogens is 1. The molecule has 172 valence electrons. The van der Waals surface area contributed by atoms with Crippen molar-refractivity contribution in [3.05, 3.63) is 52.6 Å². The Hall–Kier alpha value is -4.05. The molecule has 10 nitrogen and oxygen atoms in total. The van der Waals surface area contributed by atoms with Crippen molar-refractivity contribution in [2.75, 3.05) is 25.2 Å². The van der Waals surface area contributed by atoms with Crippen molar-refractivity contribution in [2.24, 2.45) is 0 Å². The van der Waals surface area contributed by atoms with E-state index in [1.165, 1.54) is 37.5 Å². The summed E-state index contributed by atoms with van der Waals surface area (Å²) >= 11 is 6.19. The average molecular weight is 475 g/mol. The number of rotatable bonds is 8. The molecule has 1 aliphatic rings. The topological polar surface area (TPSA) is 131 Å². The highest BCUT2D eigenvalue weighted by molar-refractivity contribution is 6.39. The molecule has 1 heterocycles. The zero-order chi connectivity index (χ0) is 24.1. The van der Waals surface area contributed by atoms with Gasteiger partial charge in [0.25, 0.3) is 11.8 Å². The van der Waals surface area contributed by atoms with Crippen LogP contribution in [-0.2, 0) is 14.4 Å². The maximum absolute atomic E-state index is 13.0. The van der Waals surface area contributed by atoms with Crippen LogP contribution in [0.4, 0.5) is 10.5 Å². The highest BCUT2D eigenvalue weighted by atomic mass is 35.5. The van der Waals surface area contributed by atoms with E-state index in [9.17, 15) is 19.2 Å². The Morgan fingerprint density at radius 2 is 1.85 bits per heavy atom. The first-order valence-electron chi connectivity index (χ1n) is 9.61. The van der Waals surface area contributed by atoms with Gasteiger partial charge in [0.05, 0.1) is 24.4 Å². The summed E-state index contributed by atoms with van der Waals surface area (Å²) in [6, 6.07) is 8.12. The number of ether oxygens (including phenoxy) is 3. The van der Waals surface area contributed by atoms with Crippen LogP contribution in [0.25, 0.3) is 6.08 Å². The molecule has 2 N–H and O–H groups in total. The summed E-state index contributed by atoms with van der Waals surface area (Å²) in [4.78, 5) is 49.4. The number of urea groups is 1. The van der Waals surface area contributed by atoms with Crippen LogP contribution in [0.5, 0.6) is 17.2 Å². The van der Waals surface area contributed by atoms with Crippen molar-refractivity contribution in [1.29, 1.82) is 0 Å². The maximum atomic E-state index is 13.0. The van der Waals surface area contributed by atoms with E-state index in [0.29, 0.717) is 17.9 Å². The number of nitrogens with zero attached hydrogens (tertiary/aromatic N) is 1. The molecule has 0 atom stereocenters. The third-order valence-electron chi connectivity index (χ3n) is 4.41. The Balaban J connectivity index is 1.95. The number of hydrogen-bond acceptors (Lipinski definition) is 7. The fourth-order valence-electron chi connectivity index (χ4n) is 3.01. The molecular weight excluding hydrogens is 456 g/mol. The summed E-state index contributed by atoms with van der Waals surface area (Å²) in [7, 11) is 1.32. The average Bonchev–Trinajstić information content (AvgIpc) is 2.76. The molecule has 0 aromatic heterocycles. The first kappa shape index (κ1) is 23.6. The van der Waals surface area contributed by atoms with E-state index in [1.807, 2.05) is 6.92 Å².